The van der Waals surface area contributed by atoms with E-state index in [4.69, 9.17) is 23.2 Å². The molecule has 2 atom stereocenters. The summed E-state index contributed by atoms with van der Waals surface area (Å²) in [5, 5.41) is 4.06. The van der Waals surface area contributed by atoms with Gasteiger partial charge in [0, 0.05) is 47.7 Å². The molecule has 10 nitrogen and oxygen atoms in total. The maximum atomic E-state index is 13.1. The Kier molecular flexibility index (Phi) is 9.42. The summed E-state index contributed by atoms with van der Waals surface area (Å²) >= 11 is 13.0. The Morgan fingerprint density at radius 2 is 1.95 bits per heavy atom. The Bertz CT molecular complexity index is 1330. The highest BCUT2D eigenvalue weighted by atomic mass is 35.5. The van der Waals surface area contributed by atoms with Crippen LogP contribution in [0.2, 0.25) is 9.49 Å². The average molecular weight is 601 g/mol. The van der Waals surface area contributed by atoms with E-state index in [1.807, 2.05) is 0 Å². The summed E-state index contributed by atoms with van der Waals surface area (Å²) in [5.74, 6) is -0.981. The van der Waals surface area contributed by atoms with Crippen molar-refractivity contribution < 1.29 is 22.8 Å². The molecule has 2 aromatic heterocycles. The van der Waals surface area contributed by atoms with E-state index in [0.717, 1.165) is 18.2 Å². The molecule has 0 bridgehead atoms. The van der Waals surface area contributed by atoms with Gasteiger partial charge >= 0.3 is 0 Å². The van der Waals surface area contributed by atoms with Crippen molar-refractivity contribution in [3.63, 3.8) is 0 Å². The lowest BCUT2D eigenvalue weighted by Crippen LogP contribution is -2.55. The third-order valence-electron chi connectivity index (χ3n) is 6.35. The molecule has 0 radical (unpaired) electrons. The molecule has 204 valence electrons. The summed E-state index contributed by atoms with van der Waals surface area (Å²) in [4.78, 5) is 46.2. The molecule has 0 spiro atoms. The third-order valence-corrected chi connectivity index (χ3v) is 8.86. The van der Waals surface area contributed by atoms with E-state index in [1.165, 1.54) is 34.6 Å². The lowest BCUT2D eigenvalue weighted by molar-refractivity contribution is -0.143. The van der Waals surface area contributed by atoms with E-state index < -0.39 is 22.0 Å². The van der Waals surface area contributed by atoms with E-state index >= 15 is 0 Å². The largest absolute Gasteiger partial charge is 0.350 e. The molecule has 4 heterocycles. The zero-order chi connectivity index (χ0) is 27.3. The first-order chi connectivity index (χ1) is 18.1. The molecule has 14 heteroatoms. The number of aromatic nitrogens is 1. The zero-order valence-electron chi connectivity index (χ0n) is 20.3. The molecule has 2 N–H and O–H groups in total. The van der Waals surface area contributed by atoms with Gasteiger partial charge in [-0.25, -0.2) is 13.4 Å². The van der Waals surface area contributed by atoms with Crippen molar-refractivity contribution in [3.8, 4) is 0 Å². The van der Waals surface area contributed by atoms with Gasteiger partial charge in [0.05, 0.1) is 10.9 Å². The fourth-order valence-electron chi connectivity index (χ4n) is 4.51. The van der Waals surface area contributed by atoms with Crippen LogP contribution in [0.5, 0.6) is 0 Å². The molecule has 2 saturated heterocycles. The van der Waals surface area contributed by atoms with Gasteiger partial charge in [-0.05, 0) is 56.0 Å². The molecule has 2 fully saturated rings. The number of pyridine rings is 1. The van der Waals surface area contributed by atoms with Gasteiger partial charge in [-0.2, -0.15) is 4.72 Å². The second-order valence-electron chi connectivity index (χ2n) is 9.02. The third kappa shape index (κ3) is 7.54. The fourth-order valence-corrected chi connectivity index (χ4v) is 6.75. The number of carbonyl (C=O) groups excluding carboxylic acids is 3. The number of piperidine rings is 1. The highest BCUT2D eigenvalue weighted by Gasteiger charge is 2.35. The lowest BCUT2D eigenvalue weighted by atomic mass is 10.1. The molecule has 0 aliphatic carbocycles. The minimum atomic E-state index is -3.88. The number of hydrogen-bond donors (Lipinski definition) is 2. The minimum Gasteiger partial charge on any atom is -0.350 e. The summed E-state index contributed by atoms with van der Waals surface area (Å²) < 4.78 is 28.0. The van der Waals surface area contributed by atoms with Crippen LogP contribution in [0, 0.1) is 0 Å². The second kappa shape index (κ2) is 12.6. The summed E-state index contributed by atoms with van der Waals surface area (Å²) in [6, 6.07) is 5.24. The predicted octanol–water partition coefficient (Wildman–Crippen LogP) is 2.75. The smallest absolute Gasteiger partial charge is 0.251 e. The van der Waals surface area contributed by atoms with Crippen LogP contribution < -0.4 is 10.0 Å². The minimum absolute atomic E-state index is 0.148. The van der Waals surface area contributed by atoms with Crippen molar-refractivity contribution in [2.24, 2.45) is 0 Å². The maximum Gasteiger partial charge on any atom is 0.251 e. The Labute approximate surface area is 235 Å². The normalized spacial score (nSPS) is 20.3. The molecule has 0 unspecified atom stereocenters. The van der Waals surface area contributed by atoms with Gasteiger partial charge in [0.25, 0.3) is 5.91 Å². The van der Waals surface area contributed by atoms with Crippen molar-refractivity contribution in [2.45, 2.75) is 37.8 Å². The van der Waals surface area contributed by atoms with Gasteiger partial charge in [-0.1, -0.05) is 23.2 Å². The van der Waals surface area contributed by atoms with Crippen molar-refractivity contribution in [1.82, 2.24) is 24.8 Å². The number of carbonyl (C=O) groups is 3. The molecule has 0 saturated carbocycles. The van der Waals surface area contributed by atoms with E-state index in [1.54, 1.807) is 23.1 Å². The first kappa shape index (κ1) is 28.5. The van der Waals surface area contributed by atoms with E-state index in [-0.39, 0.29) is 36.1 Å². The standard InChI is InChI=1S/C24H27Cl2N5O5S2/c25-20-13-16(7-9-27-20)23(33)28-14-17-3-1-11-31(17)22(32)15-30-10-2-4-19(24(30)34)29-38(35,36)12-8-18-5-6-21(26)37-18/h5-9,12-13,17,19,29H,1-4,10-11,14-15H2,(H,28,33)/t17-,19-/m0/s1. The van der Waals surface area contributed by atoms with Gasteiger partial charge in [0.2, 0.25) is 21.8 Å². The highest BCUT2D eigenvalue weighted by Crippen LogP contribution is 2.23. The van der Waals surface area contributed by atoms with Gasteiger partial charge in [-0.15, -0.1) is 11.3 Å². The molecule has 4 rings (SSSR count). The fraction of sp³-hybridized carbons (Fsp3) is 0.417. The highest BCUT2D eigenvalue weighted by molar-refractivity contribution is 7.92. The molecule has 2 aliphatic heterocycles. The zero-order valence-corrected chi connectivity index (χ0v) is 23.5. The average Bonchev–Trinajstić information content (AvgIpc) is 3.52. The van der Waals surface area contributed by atoms with Crippen LogP contribution in [0.15, 0.2) is 35.9 Å². The van der Waals surface area contributed by atoms with Crippen LogP contribution in [-0.2, 0) is 19.6 Å². The Hall–Kier alpha value is -2.51. The number of halogens is 2. The van der Waals surface area contributed by atoms with Gasteiger partial charge in [0.15, 0.2) is 0 Å². The summed E-state index contributed by atoms with van der Waals surface area (Å²) in [7, 11) is -3.88. The number of nitrogens with zero attached hydrogens (tertiary/aromatic N) is 3. The number of sulfonamides is 1. The number of hydrogen-bond acceptors (Lipinski definition) is 7. The SMILES string of the molecule is O=C(NC[C@@H]1CCCN1C(=O)CN1CCC[C@H](NS(=O)(=O)C=Cc2ccc(Cl)s2)C1=O)c1ccnc(Cl)c1. The number of rotatable bonds is 9. The van der Waals surface area contributed by atoms with Crippen molar-refractivity contribution in [1.29, 1.82) is 0 Å². The van der Waals surface area contributed by atoms with Crippen LogP contribution in [0.4, 0.5) is 0 Å². The summed E-state index contributed by atoms with van der Waals surface area (Å²) in [5.41, 5.74) is 0.377. The van der Waals surface area contributed by atoms with Crippen LogP contribution in [0.3, 0.4) is 0 Å². The van der Waals surface area contributed by atoms with Crippen LogP contribution in [0.25, 0.3) is 6.08 Å². The molecule has 3 amide bonds. The van der Waals surface area contributed by atoms with Crippen molar-refractivity contribution in [3.05, 3.63) is 55.8 Å². The Morgan fingerprint density at radius 3 is 2.68 bits per heavy atom. The second-order valence-corrected chi connectivity index (χ2v) is 12.8. The van der Waals surface area contributed by atoms with Gasteiger partial charge in [0.1, 0.15) is 11.2 Å². The number of likely N-dealkylation sites (tertiary alicyclic amines) is 2. The van der Waals surface area contributed by atoms with Crippen LogP contribution in [0.1, 0.15) is 40.9 Å². The first-order valence-corrected chi connectivity index (χ1v) is 15.2. The van der Waals surface area contributed by atoms with E-state index in [9.17, 15) is 22.8 Å². The van der Waals surface area contributed by atoms with E-state index in [2.05, 4.69) is 15.0 Å². The molecular formula is C24H27Cl2N5O5S2. The molecular weight excluding hydrogens is 573 g/mol. The first-order valence-electron chi connectivity index (χ1n) is 12.0. The monoisotopic (exact) mass is 599 g/mol. The summed E-state index contributed by atoms with van der Waals surface area (Å²) in [6.07, 6.45) is 5.28. The lowest BCUT2D eigenvalue weighted by Gasteiger charge is -2.34. The van der Waals surface area contributed by atoms with E-state index in [0.29, 0.717) is 40.7 Å². The molecule has 2 aromatic rings. The Balaban J connectivity index is 1.31. The van der Waals surface area contributed by atoms with Gasteiger partial charge < -0.3 is 15.1 Å². The molecule has 0 aromatic carbocycles. The quantitative estimate of drug-likeness (QED) is 0.426. The van der Waals surface area contributed by atoms with Crippen LogP contribution in [-0.4, -0.2) is 79.2 Å². The van der Waals surface area contributed by atoms with Crippen LogP contribution >= 0.6 is 34.5 Å². The maximum absolute atomic E-state index is 13.1. The predicted molar refractivity (Wildman–Crippen MR) is 146 cm³/mol. The van der Waals surface area contributed by atoms with Crippen molar-refractivity contribution in [2.75, 3.05) is 26.2 Å². The number of thiophene rings is 1. The number of amides is 3. The molecule has 2 aliphatic rings. The summed E-state index contributed by atoms with van der Waals surface area (Å²) in [6.45, 7) is 1.01. The van der Waals surface area contributed by atoms with Crippen molar-refractivity contribution >= 4 is 68.4 Å². The van der Waals surface area contributed by atoms with Gasteiger partial charge in [-0.3, -0.25) is 14.4 Å². The molecule has 38 heavy (non-hydrogen) atoms. The topological polar surface area (TPSA) is 129 Å². The Morgan fingerprint density at radius 1 is 1.16 bits per heavy atom. The number of nitrogens with one attached hydrogen (secondary N) is 2.